The second-order valence-corrected chi connectivity index (χ2v) is 12.8. The molecular formula is C23H24F2N2O5S2. The van der Waals surface area contributed by atoms with Crippen LogP contribution >= 0.6 is 0 Å². The van der Waals surface area contributed by atoms with Crippen LogP contribution in [-0.4, -0.2) is 35.2 Å². The Labute approximate surface area is 197 Å². The summed E-state index contributed by atoms with van der Waals surface area (Å²) in [7, 11) is -7.80. The largest absolute Gasteiger partial charge is 0.490 e. The molecule has 5 rings (SSSR count). The van der Waals surface area contributed by atoms with Gasteiger partial charge in [0.15, 0.2) is 21.4 Å². The first-order valence-corrected chi connectivity index (χ1v) is 13.6. The first-order valence-electron chi connectivity index (χ1n) is 10.5. The molecule has 2 aromatic carbocycles. The number of hydrogen-bond acceptors (Lipinski definition) is 6. The van der Waals surface area contributed by atoms with Crippen LogP contribution in [0.15, 0.2) is 41.3 Å². The van der Waals surface area contributed by atoms with E-state index in [0.29, 0.717) is 0 Å². The van der Waals surface area contributed by atoms with Gasteiger partial charge in [0.25, 0.3) is 0 Å². The van der Waals surface area contributed by atoms with Crippen molar-refractivity contribution in [2.75, 3.05) is 12.4 Å². The predicted molar refractivity (Wildman–Crippen MR) is 120 cm³/mol. The second kappa shape index (κ2) is 8.29. The van der Waals surface area contributed by atoms with Gasteiger partial charge in [-0.1, -0.05) is 7.43 Å². The summed E-state index contributed by atoms with van der Waals surface area (Å²) >= 11 is 0. The average molecular weight is 511 g/mol. The molecule has 2 aromatic rings. The van der Waals surface area contributed by atoms with Gasteiger partial charge in [-0.05, 0) is 61.6 Å². The lowest BCUT2D eigenvalue weighted by atomic mass is 9.64. The summed E-state index contributed by atoms with van der Waals surface area (Å²) in [6.45, 7) is -0.189. The summed E-state index contributed by atoms with van der Waals surface area (Å²) in [5.41, 5.74) is -0.0759. The molecular weight excluding hydrogens is 486 g/mol. The SMILES string of the molecule is C.N#Cc1ccc(S(=O)(=O)[C@@]23CC[C@H]4NS(=O)(=O)CC[C@H]4[C@@H]2COc2c(F)ccc(F)c23)cc1. The van der Waals surface area contributed by atoms with Crippen molar-refractivity contribution in [1.82, 2.24) is 4.72 Å². The molecule has 34 heavy (non-hydrogen) atoms. The molecule has 2 fully saturated rings. The fourth-order valence-electron chi connectivity index (χ4n) is 5.72. The van der Waals surface area contributed by atoms with Gasteiger partial charge >= 0.3 is 0 Å². The summed E-state index contributed by atoms with van der Waals surface area (Å²) in [6.07, 6.45) is 0.219. The van der Waals surface area contributed by atoms with Gasteiger partial charge in [-0.2, -0.15) is 5.26 Å². The van der Waals surface area contributed by atoms with Gasteiger partial charge in [0, 0.05) is 12.0 Å². The molecule has 2 aliphatic heterocycles. The molecule has 1 aliphatic carbocycles. The van der Waals surface area contributed by atoms with Crippen molar-refractivity contribution in [3.8, 4) is 11.8 Å². The number of sulfonamides is 1. The van der Waals surface area contributed by atoms with E-state index in [-0.39, 0.29) is 55.1 Å². The van der Waals surface area contributed by atoms with E-state index in [1.54, 1.807) is 0 Å². The van der Waals surface area contributed by atoms with Gasteiger partial charge in [-0.3, -0.25) is 0 Å². The van der Waals surface area contributed by atoms with Gasteiger partial charge in [-0.25, -0.2) is 30.3 Å². The lowest BCUT2D eigenvalue weighted by Gasteiger charge is -2.54. The highest BCUT2D eigenvalue weighted by molar-refractivity contribution is 7.92. The number of nitrogens with one attached hydrogen (secondary N) is 1. The number of hydrogen-bond donors (Lipinski definition) is 1. The smallest absolute Gasteiger partial charge is 0.211 e. The summed E-state index contributed by atoms with van der Waals surface area (Å²) in [5, 5.41) is 9.07. The fourth-order valence-corrected chi connectivity index (χ4v) is 9.58. The Morgan fingerprint density at radius 2 is 1.76 bits per heavy atom. The van der Waals surface area contributed by atoms with E-state index in [9.17, 15) is 21.2 Å². The normalized spacial score (nSPS) is 29.3. The summed E-state index contributed by atoms with van der Waals surface area (Å²) in [5.74, 6) is -3.59. The third kappa shape index (κ3) is 3.42. The van der Waals surface area contributed by atoms with Crippen LogP contribution < -0.4 is 9.46 Å². The van der Waals surface area contributed by atoms with Gasteiger partial charge in [0.05, 0.1) is 34.5 Å². The lowest BCUT2D eigenvalue weighted by Crippen LogP contribution is -2.62. The molecule has 2 heterocycles. The molecule has 7 nitrogen and oxygen atoms in total. The first kappa shape index (κ1) is 24.6. The molecule has 0 unspecified atom stereocenters. The van der Waals surface area contributed by atoms with Crippen molar-refractivity contribution in [2.45, 2.75) is 42.4 Å². The van der Waals surface area contributed by atoms with Gasteiger partial charge in [0.1, 0.15) is 10.6 Å². The molecule has 0 amide bonds. The molecule has 1 saturated heterocycles. The number of benzene rings is 2. The standard InChI is InChI=1S/C22H20F2N2O5S2.CH4/c23-17-5-6-18(24)21-20(17)22(33(29,30)14-3-1-13(11-25)2-4-14)9-7-19-15(16(22)12-31-21)8-10-32(27,28)26-19;/h1-6,15-16,19,26H,7-10,12H2;1H4/t15-,16-,19+,22-;/m0./s1. The maximum absolute atomic E-state index is 15.3. The molecule has 3 aliphatic rings. The quantitative estimate of drug-likeness (QED) is 0.664. The Morgan fingerprint density at radius 1 is 1.09 bits per heavy atom. The number of rotatable bonds is 2. The maximum Gasteiger partial charge on any atom is 0.211 e. The van der Waals surface area contributed by atoms with Crippen LogP contribution in [0, 0.1) is 34.8 Å². The van der Waals surface area contributed by atoms with Gasteiger partial charge < -0.3 is 4.74 Å². The Bertz CT molecular complexity index is 1390. The monoisotopic (exact) mass is 510 g/mol. The molecule has 0 aromatic heterocycles. The van der Waals surface area contributed by atoms with Crippen LogP contribution in [0.1, 0.15) is 37.8 Å². The van der Waals surface area contributed by atoms with E-state index in [2.05, 4.69) is 4.72 Å². The lowest BCUT2D eigenvalue weighted by molar-refractivity contribution is 0.0537. The van der Waals surface area contributed by atoms with E-state index in [1.165, 1.54) is 24.3 Å². The molecule has 182 valence electrons. The molecule has 0 spiro atoms. The highest BCUT2D eigenvalue weighted by atomic mass is 32.2. The van der Waals surface area contributed by atoms with Crippen molar-refractivity contribution in [2.24, 2.45) is 11.8 Å². The van der Waals surface area contributed by atoms with E-state index in [1.807, 2.05) is 6.07 Å². The van der Waals surface area contributed by atoms with Crippen molar-refractivity contribution >= 4 is 19.9 Å². The van der Waals surface area contributed by atoms with Crippen LogP contribution in [0.2, 0.25) is 0 Å². The third-order valence-corrected chi connectivity index (χ3v) is 11.2. The number of nitrogens with zero attached hydrogens (tertiary/aromatic N) is 1. The van der Waals surface area contributed by atoms with Crippen LogP contribution in [0.4, 0.5) is 8.78 Å². The van der Waals surface area contributed by atoms with Crippen LogP contribution in [-0.2, 0) is 24.6 Å². The Balaban J connectivity index is 0.00000274. The third-order valence-electron chi connectivity index (χ3n) is 7.17. The Kier molecular flexibility index (Phi) is 5.99. The van der Waals surface area contributed by atoms with E-state index >= 15 is 4.39 Å². The minimum Gasteiger partial charge on any atom is -0.490 e. The van der Waals surface area contributed by atoms with E-state index < -0.39 is 59.9 Å². The number of sulfone groups is 1. The first-order chi connectivity index (χ1) is 15.6. The van der Waals surface area contributed by atoms with Crippen molar-refractivity contribution in [3.63, 3.8) is 0 Å². The topological polar surface area (TPSA) is 113 Å². The summed E-state index contributed by atoms with van der Waals surface area (Å²) < 4.78 is 89.0. The highest BCUT2D eigenvalue weighted by Gasteiger charge is 2.63. The van der Waals surface area contributed by atoms with E-state index in [4.69, 9.17) is 10.00 Å². The molecule has 1 saturated carbocycles. The van der Waals surface area contributed by atoms with Crippen LogP contribution in [0.5, 0.6) is 5.75 Å². The minimum atomic E-state index is -4.31. The average Bonchev–Trinajstić information content (AvgIpc) is 2.79. The maximum atomic E-state index is 15.3. The summed E-state index contributed by atoms with van der Waals surface area (Å²) in [6, 6.07) is 8.52. The minimum absolute atomic E-state index is 0. The van der Waals surface area contributed by atoms with Crippen LogP contribution in [0.3, 0.4) is 0 Å². The number of fused-ring (bicyclic) bond motifs is 5. The predicted octanol–water partition coefficient (Wildman–Crippen LogP) is 3.25. The molecule has 0 radical (unpaired) electrons. The highest BCUT2D eigenvalue weighted by Crippen LogP contribution is 2.59. The zero-order valence-corrected chi connectivity index (χ0v) is 18.9. The molecule has 0 bridgehead atoms. The van der Waals surface area contributed by atoms with Crippen molar-refractivity contribution < 1.29 is 30.4 Å². The van der Waals surface area contributed by atoms with Crippen LogP contribution in [0.25, 0.3) is 0 Å². The number of ether oxygens (including phenoxy) is 1. The zero-order valence-electron chi connectivity index (χ0n) is 17.3. The van der Waals surface area contributed by atoms with Gasteiger partial charge in [-0.15, -0.1) is 0 Å². The van der Waals surface area contributed by atoms with E-state index in [0.717, 1.165) is 12.1 Å². The molecule has 4 atom stereocenters. The van der Waals surface area contributed by atoms with Crippen molar-refractivity contribution in [1.29, 1.82) is 5.26 Å². The second-order valence-electron chi connectivity index (χ2n) is 8.71. The number of nitriles is 1. The summed E-state index contributed by atoms with van der Waals surface area (Å²) in [4.78, 5) is -0.113. The van der Waals surface area contributed by atoms with Crippen molar-refractivity contribution in [3.05, 3.63) is 59.2 Å². The zero-order chi connectivity index (χ0) is 23.6. The number of halogens is 2. The Morgan fingerprint density at radius 3 is 2.44 bits per heavy atom. The molecule has 1 N–H and O–H groups in total. The molecule has 11 heteroatoms. The fraction of sp³-hybridized carbons (Fsp3) is 0.435. The Hall–Kier alpha value is -2.55. The van der Waals surface area contributed by atoms with Gasteiger partial charge in [0.2, 0.25) is 10.0 Å².